The van der Waals surface area contributed by atoms with Gasteiger partial charge in [0.1, 0.15) is 16.9 Å². The third kappa shape index (κ3) is 5.37. The van der Waals surface area contributed by atoms with Crippen LogP contribution in [0.3, 0.4) is 0 Å². The lowest BCUT2D eigenvalue weighted by atomic mass is 9.94. The zero-order valence-electron chi connectivity index (χ0n) is 20.7. The highest BCUT2D eigenvalue weighted by molar-refractivity contribution is 7.15. The standard InChI is InChI=1S/C25H31ClN6O3S/c1-14-15(2)36-25-20(14)21(17-4-6-18(26)7-5-17)29-22(24-31-30-16(3)32(24)25)19(23(28)33)8-10-34-12-13-35-11-9-27/h4-7,19,22H,8-13,27H2,1-3H3,(H2,28,33)/t19?,22-/m0/s1. The van der Waals surface area contributed by atoms with E-state index in [0.717, 1.165) is 33.2 Å². The number of thiophene rings is 1. The first-order valence-corrected chi connectivity index (χ1v) is 13.0. The first kappa shape index (κ1) is 26.4. The number of hydrogen-bond acceptors (Lipinski definition) is 8. The number of primary amides is 1. The molecule has 1 aromatic carbocycles. The smallest absolute Gasteiger partial charge is 0.223 e. The normalized spacial score (nSPS) is 15.7. The van der Waals surface area contributed by atoms with E-state index < -0.39 is 17.9 Å². The van der Waals surface area contributed by atoms with E-state index in [-0.39, 0.29) is 0 Å². The number of nitrogens with zero attached hydrogens (tertiary/aromatic N) is 4. The van der Waals surface area contributed by atoms with Crippen molar-refractivity contribution in [3.05, 3.63) is 62.5 Å². The van der Waals surface area contributed by atoms with Crippen LogP contribution in [-0.4, -0.2) is 59.4 Å². The molecule has 3 aromatic rings. The van der Waals surface area contributed by atoms with Crippen molar-refractivity contribution in [2.45, 2.75) is 33.2 Å². The van der Waals surface area contributed by atoms with Crippen LogP contribution in [0.25, 0.3) is 5.00 Å². The van der Waals surface area contributed by atoms with Crippen molar-refractivity contribution < 1.29 is 14.3 Å². The highest BCUT2D eigenvalue weighted by Crippen LogP contribution is 2.41. The van der Waals surface area contributed by atoms with Gasteiger partial charge in [0, 0.05) is 34.2 Å². The van der Waals surface area contributed by atoms with E-state index >= 15 is 0 Å². The molecule has 1 unspecified atom stereocenters. The number of halogens is 1. The summed E-state index contributed by atoms with van der Waals surface area (Å²) in [6.07, 6.45) is 0.381. The molecule has 0 saturated heterocycles. The van der Waals surface area contributed by atoms with E-state index in [4.69, 9.17) is 37.5 Å². The Morgan fingerprint density at radius 1 is 1.11 bits per heavy atom. The van der Waals surface area contributed by atoms with Crippen molar-refractivity contribution in [1.29, 1.82) is 0 Å². The summed E-state index contributed by atoms with van der Waals surface area (Å²) in [6.45, 7) is 8.19. The summed E-state index contributed by atoms with van der Waals surface area (Å²) in [5, 5.41) is 10.4. The number of hydrogen-bond donors (Lipinski definition) is 2. The lowest BCUT2D eigenvalue weighted by Crippen LogP contribution is -2.31. The number of aliphatic imine (C=N–C) groups is 1. The summed E-state index contributed by atoms with van der Waals surface area (Å²) in [5.41, 5.74) is 15.2. The Labute approximate surface area is 219 Å². The molecule has 1 amide bonds. The minimum Gasteiger partial charge on any atom is -0.379 e. The second-order valence-corrected chi connectivity index (χ2v) is 10.3. The van der Waals surface area contributed by atoms with Gasteiger partial charge in [-0.25, -0.2) is 0 Å². The van der Waals surface area contributed by atoms with Crippen LogP contribution in [-0.2, 0) is 14.3 Å². The van der Waals surface area contributed by atoms with Crippen molar-refractivity contribution in [2.24, 2.45) is 22.4 Å². The van der Waals surface area contributed by atoms with Crippen molar-refractivity contribution in [3.63, 3.8) is 0 Å². The second-order valence-electron chi connectivity index (χ2n) is 8.64. The average molecular weight is 531 g/mol. The summed E-state index contributed by atoms with van der Waals surface area (Å²) in [5.74, 6) is 0.207. The maximum absolute atomic E-state index is 12.7. The van der Waals surface area contributed by atoms with Gasteiger partial charge in [-0.15, -0.1) is 21.5 Å². The van der Waals surface area contributed by atoms with Gasteiger partial charge in [0.2, 0.25) is 5.91 Å². The Kier molecular flexibility index (Phi) is 8.53. The SMILES string of the molecule is Cc1sc2c(c1C)C(c1ccc(Cl)cc1)=N[C@@H](C(CCOCCOCCN)C(N)=O)c1nnc(C)n1-2. The number of nitrogens with two attached hydrogens (primary N) is 2. The van der Waals surface area contributed by atoms with Gasteiger partial charge < -0.3 is 20.9 Å². The molecule has 2 atom stereocenters. The maximum atomic E-state index is 12.7. The minimum atomic E-state index is -0.644. The van der Waals surface area contributed by atoms with Gasteiger partial charge in [0.25, 0.3) is 0 Å². The highest BCUT2D eigenvalue weighted by atomic mass is 35.5. The molecule has 1 aliphatic rings. The third-order valence-corrected chi connectivity index (χ3v) is 7.71. The predicted octanol–water partition coefficient (Wildman–Crippen LogP) is 3.28. The van der Waals surface area contributed by atoms with Crippen LogP contribution in [0.1, 0.15) is 45.7 Å². The van der Waals surface area contributed by atoms with Crippen LogP contribution in [0.4, 0.5) is 0 Å². The van der Waals surface area contributed by atoms with E-state index in [1.807, 2.05) is 35.8 Å². The van der Waals surface area contributed by atoms with Gasteiger partial charge in [-0.3, -0.25) is 14.4 Å². The molecule has 0 saturated carbocycles. The second kappa shape index (κ2) is 11.6. The molecule has 0 radical (unpaired) electrons. The molecule has 2 aromatic heterocycles. The van der Waals surface area contributed by atoms with E-state index in [1.165, 1.54) is 4.88 Å². The molecule has 9 nitrogen and oxygen atoms in total. The van der Waals surface area contributed by atoms with Crippen LogP contribution in [0.15, 0.2) is 29.3 Å². The number of aromatic nitrogens is 3. The molecule has 0 spiro atoms. The average Bonchev–Trinajstić information content (AvgIpc) is 3.32. The monoisotopic (exact) mass is 530 g/mol. The Hall–Kier alpha value is -2.63. The quantitative estimate of drug-likeness (QED) is 0.366. The zero-order valence-corrected chi connectivity index (χ0v) is 22.2. The number of ether oxygens (including phenoxy) is 2. The van der Waals surface area contributed by atoms with Crippen LogP contribution in [0.5, 0.6) is 0 Å². The molecule has 4 N–H and O–H groups in total. The Balaban J connectivity index is 1.75. The molecule has 1 aliphatic heterocycles. The number of benzene rings is 1. The number of carbonyl (C=O) groups excluding carboxylic acids is 1. The van der Waals surface area contributed by atoms with E-state index in [2.05, 4.69) is 24.0 Å². The molecular formula is C25H31ClN6O3S. The van der Waals surface area contributed by atoms with Crippen LogP contribution >= 0.6 is 22.9 Å². The molecule has 4 rings (SSSR count). The summed E-state index contributed by atoms with van der Waals surface area (Å²) in [6, 6.07) is 6.93. The number of carbonyl (C=O) groups is 1. The largest absolute Gasteiger partial charge is 0.379 e. The number of aryl methyl sites for hydroxylation is 2. The van der Waals surface area contributed by atoms with E-state index in [0.29, 0.717) is 50.2 Å². The molecule has 0 aliphatic carbocycles. The molecule has 192 valence electrons. The van der Waals surface area contributed by atoms with Gasteiger partial charge in [0.15, 0.2) is 5.82 Å². The van der Waals surface area contributed by atoms with Crippen molar-refractivity contribution in [3.8, 4) is 5.00 Å². The third-order valence-electron chi connectivity index (χ3n) is 6.26. The highest BCUT2D eigenvalue weighted by Gasteiger charge is 2.37. The molecule has 36 heavy (non-hydrogen) atoms. The first-order valence-electron chi connectivity index (χ1n) is 11.8. The topological polar surface area (TPSA) is 131 Å². The zero-order chi connectivity index (χ0) is 25.8. The number of amides is 1. The van der Waals surface area contributed by atoms with Crippen LogP contribution in [0.2, 0.25) is 5.02 Å². The fraction of sp³-hybridized carbons (Fsp3) is 0.440. The first-order chi connectivity index (χ1) is 17.3. The van der Waals surface area contributed by atoms with Crippen LogP contribution < -0.4 is 11.5 Å². The van der Waals surface area contributed by atoms with Crippen LogP contribution in [0, 0.1) is 26.7 Å². The number of fused-ring (bicyclic) bond motifs is 3. The Bertz CT molecular complexity index is 1250. The van der Waals surface area contributed by atoms with E-state index in [1.54, 1.807) is 11.3 Å². The van der Waals surface area contributed by atoms with Crippen molar-refractivity contribution in [1.82, 2.24) is 14.8 Å². The van der Waals surface area contributed by atoms with Gasteiger partial charge in [0.05, 0.1) is 31.5 Å². The van der Waals surface area contributed by atoms with Crippen molar-refractivity contribution in [2.75, 3.05) is 33.0 Å². The Morgan fingerprint density at radius 3 is 2.47 bits per heavy atom. The van der Waals surface area contributed by atoms with Crippen molar-refractivity contribution >= 4 is 34.6 Å². The molecule has 3 heterocycles. The summed E-state index contributed by atoms with van der Waals surface area (Å²) in [4.78, 5) is 19.1. The molecule has 0 fully saturated rings. The molecule has 11 heteroatoms. The maximum Gasteiger partial charge on any atom is 0.223 e. The fourth-order valence-electron chi connectivity index (χ4n) is 4.30. The lowest BCUT2D eigenvalue weighted by Gasteiger charge is -2.21. The van der Waals surface area contributed by atoms with Gasteiger partial charge in [-0.2, -0.15) is 0 Å². The molecular weight excluding hydrogens is 500 g/mol. The minimum absolute atomic E-state index is 0.328. The van der Waals surface area contributed by atoms with E-state index in [9.17, 15) is 4.79 Å². The lowest BCUT2D eigenvalue weighted by molar-refractivity contribution is -0.123. The van der Waals surface area contributed by atoms with Gasteiger partial charge in [-0.05, 0) is 44.9 Å². The fourth-order valence-corrected chi connectivity index (χ4v) is 5.64. The summed E-state index contributed by atoms with van der Waals surface area (Å²) < 4.78 is 13.1. The summed E-state index contributed by atoms with van der Waals surface area (Å²) >= 11 is 7.83. The molecule has 0 bridgehead atoms. The number of rotatable bonds is 11. The summed E-state index contributed by atoms with van der Waals surface area (Å²) in [7, 11) is 0. The van der Waals surface area contributed by atoms with Gasteiger partial charge >= 0.3 is 0 Å². The Morgan fingerprint density at radius 2 is 1.81 bits per heavy atom. The van der Waals surface area contributed by atoms with Gasteiger partial charge in [-0.1, -0.05) is 23.7 Å². The predicted molar refractivity (Wildman–Crippen MR) is 141 cm³/mol.